The highest BCUT2D eigenvalue weighted by Crippen LogP contribution is 2.43. The fourth-order valence-corrected chi connectivity index (χ4v) is 2.24. The molecule has 2 nitrogen and oxygen atoms in total. The quantitative estimate of drug-likeness (QED) is 0.825. The summed E-state index contributed by atoms with van der Waals surface area (Å²) in [5.74, 6) is 2.33. The molecule has 0 heterocycles. The van der Waals surface area contributed by atoms with Crippen molar-refractivity contribution in [1.82, 2.24) is 0 Å². The van der Waals surface area contributed by atoms with Gasteiger partial charge < -0.3 is 10.5 Å². The molecule has 2 unspecified atom stereocenters. The van der Waals surface area contributed by atoms with Crippen molar-refractivity contribution in [3.63, 3.8) is 0 Å². The van der Waals surface area contributed by atoms with Gasteiger partial charge in [-0.1, -0.05) is 25.1 Å². The van der Waals surface area contributed by atoms with E-state index >= 15 is 0 Å². The first-order valence-corrected chi connectivity index (χ1v) is 6.21. The molecule has 0 spiro atoms. The largest absolute Gasteiger partial charge is 0.494 e. The van der Waals surface area contributed by atoms with Crippen LogP contribution in [0.1, 0.15) is 38.3 Å². The second-order valence-corrected chi connectivity index (χ2v) is 4.69. The lowest BCUT2D eigenvalue weighted by Gasteiger charge is -2.22. The van der Waals surface area contributed by atoms with Crippen molar-refractivity contribution in [2.45, 2.75) is 32.7 Å². The van der Waals surface area contributed by atoms with Gasteiger partial charge in [-0.2, -0.15) is 0 Å². The van der Waals surface area contributed by atoms with E-state index in [-0.39, 0.29) is 6.04 Å². The summed E-state index contributed by atoms with van der Waals surface area (Å²) in [4.78, 5) is 0. The highest BCUT2D eigenvalue weighted by molar-refractivity contribution is 5.36. The van der Waals surface area contributed by atoms with Gasteiger partial charge in [0.15, 0.2) is 0 Å². The van der Waals surface area contributed by atoms with Crippen molar-refractivity contribution in [3.8, 4) is 5.75 Å². The van der Waals surface area contributed by atoms with E-state index in [0.717, 1.165) is 17.2 Å². The summed E-state index contributed by atoms with van der Waals surface area (Å²) in [6, 6.07) is 8.25. The summed E-state index contributed by atoms with van der Waals surface area (Å²) in [5, 5.41) is 0. The van der Waals surface area contributed by atoms with Crippen molar-refractivity contribution < 1.29 is 4.74 Å². The Bertz CT molecular complexity index is 346. The molecular weight excluding hydrogens is 198 g/mol. The SMILES string of the molecule is CCOc1ccccc1C(N)C(C)C1CC1. The normalized spacial score (nSPS) is 19.2. The molecule has 2 atom stereocenters. The summed E-state index contributed by atoms with van der Waals surface area (Å²) < 4.78 is 5.63. The minimum absolute atomic E-state index is 0.107. The third-order valence-corrected chi connectivity index (χ3v) is 3.51. The maximum Gasteiger partial charge on any atom is 0.124 e. The van der Waals surface area contributed by atoms with E-state index in [0.29, 0.717) is 12.5 Å². The molecule has 2 rings (SSSR count). The fourth-order valence-electron chi connectivity index (χ4n) is 2.24. The van der Waals surface area contributed by atoms with Crippen LogP contribution in [0.2, 0.25) is 0 Å². The number of ether oxygens (including phenoxy) is 1. The van der Waals surface area contributed by atoms with Crippen molar-refractivity contribution in [2.24, 2.45) is 17.6 Å². The van der Waals surface area contributed by atoms with Gasteiger partial charge >= 0.3 is 0 Å². The molecule has 0 radical (unpaired) electrons. The Morgan fingerprint density at radius 3 is 2.69 bits per heavy atom. The molecule has 1 aliphatic rings. The molecule has 1 aromatic rings. The van der Waals surface area contributed by atoms with Crippen LogP contribution in [-0.2, 0) is 0 Å². The van der Waals surface area contributed by atoms with Crippen molar-refractivity contribution in [3.05, 3.63) is 29.8 Å². The van der Waals surface area contributed by atoms with E-state index in [1.807, 2.05) is 25.1 Å². The van der Waals surface area contributed by atoms with Crippen LogP contribution in [0.25, 0.3) is 0 Å². The molecule has 1 saturated carbocycles. The molecule has 1 aromatic carbocycles. The summed E-state index contributed by atoms with van der Waals surface area (Å²) >= 11 is 0. The minimum Gasteiger partial charge on any atom is -0.494 e. The van der Waals surface area contributed by atoms with Gasteiger partial charge in [-0.05, 0) is 37.7 Å². The predicted octanol–water partition coefficient (Wildman–Crippen LogP) is 3.13. The lowest BCUT2D eigenvalue weighted by atomic mass is 9.91. The number of benzene rings is 1. The molecule has 16 heavy (non-hydrogen) atoms. The lowest BCUT2D eigenvalue weighted by molar-refractivity contribution is 0.325. The summed E-state index contributed by atoms with van der Waals surface area (Å²) in [7, 11) is 0. The van der Waals surface area contributed by atoms with Gasteiger partial charge in [-0.15, -0.1) is 0 Å². The van der Waals surface area contributed by atoms with Gasteiger partial charge in [-0.25, -0.2) is 0 Å². The molecule has 1 aliphatic carbocycles. The van der Waals surface area contributed by atoms with E-state index in [9.17, 15) is 0 Å². The van der Waals surface area contributed by atoms with Gasteiger partial charge in [0.05, 0.1) is 6.61 Å². The second-order valence-electron chi connectivity index (χ2n) is 4.69. The number of hydrogen-bond acceptors (Lipinski definition) is 2. The summed E-state index contributed by atoms with van der Waals surface area (Å²) in [5.41, 5.74) is 7.49. The Balaban J connectivity index is 2.17. The van der Waals surface area contributed by atoms with Crippen LogP contribution in [0.15, 0.2) is 24.3 Å². The van der Waals surface area contributed by atoms with Crippen molar-refractivity contribution in [2.75, 3.05) is 6.61 Å². The van der Waals surface area contributed by atoms with Crippen LogP contribution in [-0.4, -0.2) is 6.61 Å². The van der Waals surface area contributed by atoms with Crippen molar-refractivity contribution >= 4 is 0 Å². The van der Waals surface area contributed by atoms with E-state index < -0.39 is 0 Å². The Hall–Kier alpha value is -1.02. The van der Waals surface area contributed by atoms with Gasteiger partial charge in [-0.3, -0.25) is 0 Å². The standard InChI is InChI=1S/C14H21NO/c1-3-16-13-7-5-4-6-12(13)14(15)10(2)11-8-9-11/h4-7,10-11,14H,3,8-9,15H2,1-2H3. The molecule has 2 N–H and O–H groups in total. The Kier molecular flexibility index (Phi) is 3.49. The highest BCUT2D eigenvalue weighted by atomic mass is 16.5. The monoisotopic (exact) mass is 219 g/mol. The summed E-state index contributed by atoms with van der Waals surface area (Å²) in [6.07, 6.45) is 2.68. The first-order valence-electron chi connectivity index (χ1n) is 6.21. The van der Waals surface area contributed by atoms with E-state index in [1.54, 1.807) is 0 Å². The molecule has 0 saturated heterocycles. The van der Waals surface area contributed by atoms with E-state index in [2.05, 4.69) is 13.0 Å². The third kappa shape index (κ3) is 2.38. The Labute approximate surface area is 97.8 Å². The molecular formula is C14H21NO. The zero-order chi connectivity index (χ0) is 11.5. The third-order valence-electron chi connectivity index (χ3n) is 3.51. The predicted molar refractivity (Wildman–Crippen MR) is 66.4 cm³/mol. The zero-order valence-electron chi connectivity index (χ0n) is 10.1. The number of para-hydroxylation sites is 1. The first-order chi connectivity index (χ1) is 7.74. The molecule has 0 aromatic heterocycles. The van der Waals surface area contributed by atoms with Crippen LogP contribution in [0.5, 0.6) is 5.75 Å². The molecule has 88 valence electrons. The van der Waals surface area contributed by atoms with Gasteiger partial charge in [0, 0.05) is 11.6 Å². The lowest BCUT2D eigenvalue weighted by Crippen LogP contribution is -2.21. The smallest absolute Gasteiger partial charge is 0.124 e. The average Bonchev–Trinajstić information content (AvgIpc) is 3.12. The topological polar surface area (TPSA) is 35.2 Å². The number of hydrogen-bond donors (Lipinski definition) is 1. The van der Waals surface area contributed by atoms with Crippen LogP contribution in [0.4, 0.5) is 0 Å². The maximum absolute atomic E-state index is 6.33. The number of rotatable bonds is 5. The minimum atomic E-state index is 0.107. The maximum atomic E-state index is 6.33. The first kappa shape index (κ1) is 11.5. The molecule has 0 bridgehead atoms. The van der Waals surface area contributed by atoms with Gasteiger partial charge in [0.2, 0.25) is 0 Å². The summed E-state index contributed by atoms with van der Waals surface area (Å²) in [6.45, 7) is 4.96. The van der Waals surface area contributed by atoms with E-state index in [1.165, 1.54) is 12.8 Å². The second kappa shape index (κ2) is 4.88. The molecule has 2 heteroatoms. The number of nitrogens with two attached hydrogens (primary N) is 1. The fraction of sp³-hybridized carbons (Fsp3) is 0.571. The Morgan fingerprint density at radius 2 is 2.06 bits per heavy atom. The van der Waals surface area contributed by atoms with Crippen LogP contribution in [0.3, 0.4) is 0 Å². The van der Waals surface area contributed by atoms with Crippen LogP contribution >= 0.6 is 0 Å². The van der Waals surface area contributed by atoms with E-state index in [4.69, 9.17) is 10.5 Å². The van der Waals surface area contributed by atoms with Crippen LogP contribution in [0, 0.1) is 11.8 Å². The average molecular weight is 219 g/mol. The molecule has 1 fully saturated rings. The zero-order valence-corrected chi connectivity index (χ0v) is 10.1. The van der Waals surface area contributed by atoms with Crippen LogP contribution < -0.4 is 10.5 Å². The molecule has 0 aliphatic heterocycles. The molecule has 0 amide bonds. The van der Waals surface area contributed by atoms with Gasteiger partial charge in [0.1, 0.15) is 5.75 Å². The Morgan fingerprint density at radius 1 is 1.38 bits per heavy atom. The van der Waals surface area contributed by atoms with Gasteiger partial charge in [0.25, 0.3) is 0 Å². The van der Waals surface area contributed by atoms with Crippen molar-refractivity contribution in [1.29, 1.82) is 0 Å². The highest BCUT2D eigenvalue weighted by Gasteiger charge is 2.33.